The minimum Gasteiger partial charge on any atom is -0.356 e. The van der Waals surface area contributed by atoms with Crippen LogP contribution in [0.25, 0.3) is 0 Å². The molecule has 1 amide bonds. The molecular formula is C20H29BrN2O. The number of carbonyl (C=O) groups is 1. The van der Waals surface area contributed by atoms with Gasteiger partial charge in [-0.2, -0.15) is 0 Å². The summed E-state index contributed by atoms with van der Waals surface area (Å²) in [5.74, 6) is 1.76. The fourth-order valence-corrected chi connectivity index (χ4v) is 3.92. The van der Waals surface area contributed by atoms with E-state index in [2.05, 4.69) is 57.3 Å². The van der Waals surface area contributed by atoms with Crippen molar-refractivity contribution in [3.8, 4) is 0 Å². The van der Waals surface area contributed by atoms with Gasteiger partial charge in [0.25, 0.3) is 0 Å². The van der Waals surface area contributed by atoms with E-state index in [-0.39, 0.29) is 11.8 Å². The van der Waals surface area contributed by atoms with Crippen molar-refractivity contribution in [1.82, 2.24) is 10.2 Å². The van der Waals surface area contributed by atoms with Gasteiger partial charge in [-0.1, -0.05) is 35.0 Å². The molecule has 1 saturated carbocycles. The van der Waals surface area contributed by atoms with E-state index in [0.29, 0.717) is 5.92 Å². The molecular weight excluding hydrogens is 364 g/mol. The molecule has 0 radical (unpaired) electrons. The van der Waals surface area contributed by atoms with Crippen LogP contribution in [0.5, 0.6) is 0 Å². The first-order valence-electron chi connectivity index (χ1n) is 9.39. The molecule has 0 aromatic heterocycles. The molecule has 2 fully saturated rings. The Labute approximate surface area is 154 Å². The van der Waals surface area contributed by atoms with Crippen molar-refractivity contribution in [2.24, 2.45) is 11.8 Å². The summed E-state index contributed by atoms with van der Waals surface area (Å²) in [6.07, 6.45) is 5.97. The summed E-state index contributed by atoms with van der Waals surface area (Å²) in [4.78, 5) is 14.8. The van der Waals surface area contributed by atoms with Crippen LogP contribution in [0.1, 0.15) is 50.5 Å². The number of carbonyl (C=O) groups excluding carboxylic acids is 1. The molecule has 3 nitrogen and oxygen atoms in total. The third-order valence-corrected chi connectivity index (χ3v) is 6.03. The second-order valence-corrected chi connectivity index (χ2v) is 8.44. The summed E-state index contributed by atoms with van der Waals surface area (Å²) in [5, 5.41) is 3.13. The molecule has 1 N–H and O–H groups in total. The first-order chi connectivity index (χ1) is 11.6. The summed E-state index contributed by atoms with van der Waals surface area (Å²) in [6.45, 7) is 6.88. The Balaban J connectivity index is 1.28. The molecule has 1 saturated heterocycles. The number of hydrogen-bond donors (Lipinski definition) is 1. The molecule has 2 atom stereocenters. The van der Waals surface area contributed by atoms with Crippen LogP contribution in [0.3, 0.4) is 0 Å². The fourth-order valence-electron chi connectivity index (χ4n) is 3.65. The standard InChI is InChI=1S/C20H29BrN2O/c1-15-8-12-23(13-9-15)11-3-2-10-22-20(24)19-14-18(19)16-4-6-17(21)7-5-16/h4-7,15,18-19H,2-3,8-14H2,1H3,(H,22,24). The quantitative estimate of drug-likeness (QED) is 0.705. The Kier molecular flexibility index (Phi) is 6.34. The van der Waals surface area contributed by atoms with Gasteiger partial charge >= 0.3 is 0 Å². The fraction of sp³-hybridized carbons (Fsp3) is 0.650. The van der Waals surface area contributed by atoms with Gasteiger partial charge in [0.15, 0.2) is 0 Å². The second kappa shape index (κ2) is 8.48. The molecule has 1 aromatic rings. The topological polar surface area (TPSA) is 32.3 Å². The lowest BCUT2D eigenvalue weighted by atomic mass is 9.99. The first-order valence-corrected chi connectivity index (χ1v) is 10.2. The third kappa shape index (κ3) is 5.06. The largest absolute Gasteiger partial charge is 0.356 e. The number of nitrogens with one attached hydrogen (secondary N) is 1. The number of piperidine rings is 1. The molecule has 2 unspecified atom stereocenters. The summed E-state index contributed by atoms with van der Waals surface area (Å²) >= 11 is 3.46. The average Bonchev–Trinajstić information content (AvgIpc) is 3.37. The molecule has 3 rings (SSSR count). The molecule has 1 aliphatic carbocycles. The lowest BCUT2D eigenvalue weighted by Crippen LogP contribution is -2.34. The number of rotatable bonds is 7. The zero-order valence-corrected chi connectivity index (χ0v) is 16.2. The predicted octanol–water partition coefficient (Wildman–Crippen LogP) is 4.18. The van der Waals surface area contributed by atoms with E-state index in [1.807, 2.05) is 0 Å². The van der Waals surface area contributed by atoms with Gasteiger partial charge in [-0.25, -0.2) is 0 Å². The lowest BCUT2D eigenvalue weighted by molar-refractivity contribution is -0.122. The van der Waals surface area contributed by atoms with Gasteiger partial charge in [0.2, 0.25) is 5.91 Å². The smallest absolute Gasteiger partial charge is 0.223 e. The number of unbranched alkanes of at least 4 members (excludes halogenated alkanes) is 1. The molecule has 4 heteroatoms. The number of nitrogens with zero attached hydrogens (tertiary/aromatic N) is 1. The van der Waals surface area contributed by atoms with E-state index in [4.69, 9.17) is 0 Å². The molecule has 1 aliphatic heterocycles. The Morgan fingerprint density at radius 2 is 1.92 bits per heavy atom. The number of likely N-dealkylation sites (tertiary alicyclic amines) is 1. The van der Waals surface area contributed by atoms with Crippen LogP contribution in [-0.2, 0) is 4.79 Å². The normalized spacial score (nSPS) is 24.8. The number of halogens is 1. The molecule has 2 aliphatic rings. The van der Waals surface area contributed by atoms with Gasteiger partial charge in [-0.15, -0.1) is 0 Å². The Hall–Kier alpha value is -0.870. The zero-order valence-electron chi connectivity index (χ0n) is 14.6. The van der Waals surface area contributed by atoms with Crippen LogP contribution in [0.2, 0.25) is 0 Å². The number of amides is 1. The van der Waals surface area contributed by atoms with Crippen LogP contribution in [0.15, 0.2) is 28.7 Å². The van der Waals surface area contributed by atoms with Crippen molar-refractivity contribution < 1.29 is 4.79 Å². The molecule has 1 aromatic carbocycles. The first kappa shape index (κ1) is 17.9. The van der Waals surface area contributed by atoms with Crippen molar-refractivity contribution >= 4 is 21.8 Å². The van der Waals surface area contributed by atoms with Crippen molar-refractivity contribution in [2.45, 2.75) is 44.9 Å². The van der Waals surface area contributed by atoms with E-state index >= 15 is 0 Å². The minimum atomic E-state index is 0.190. The van der Waals surface area contributed by atoms with Gasteiger partial charge in [-0.3, -0.25) is 4.79 Å². The van der Waals surface area contributed by atoms with Crippen LogP contribution < -0.4 is 5.32 Å². The molecule has 0 bridgehead atoms. The maximum absolute atomic E-state index is 12.2. The number of hydrogen-bond acceptors (Lipinski definition) is 2. The van der Waals surface area contributed by atoms with Crippen LogP contribution in [0.4, 0.5) is 0 Å². The van der Waals surface area contributed by atoms with Crippen molar-refractivity contribution in [3.63, 3.8) is 0 Å². The maximum atomic E-state index is 12.2. The third-order valence-electron chi connectivity index (χ3n) is 5.50. The molecule has 24 heavy (non-hydrogen) atoms. The van der Waals surface area contributed by atoms with E-state index in [0.717, 1.165) is 29.8 Å². The van der Waals surface area contributed by atoms with E-state index < -0.39 is 0 Å². The molecule has 1 heterocycles. The highest BCUT2D eigenvalue weighted by molar-refractivity contribution is 9.10. The monoisotopic (exact) mass is 392 g/mol. The van der Waals surface area contributed by atoms with Crippen molar-refractivity contribution in [1.29, 1.82) is 0 Å². The number of benzene rings is 1. The lowest BCUT2D eigenvalue weighted by Gasteiger charge is -2.30. The molecule has 132 valence electrons. The Morgan fingerprint density at radius 3 is 2.62 bits per heavy atom. The van der Waals surface area contributed by atoms with Crippen molar-refractivity contribution in [3.05, 3.63) is 34.3 Å². The highest BCUT2D eigenvalue weighted by Gasteiger charge is 2.43. The van der Waals surface area contributed by atoms with Gasteiger partial charge in [0.1, 0.15) is 0 Å². The van der Waals surface area contributed by atoms with Gasteiger partial charge in [0.05, 0.1) is 0 Å². The summed E-state index contributed by atoms with van der Waals surface area (Å²) in [5.41, 5.74) is 1.29. The van der Waals surface area contributed by atoms with Gasteiger partial charge < -0.3 is 10.2 Å². The van der Waals surface area contributed by atoms with Crippen LogP contribution in [-0.4, -0.2) is 37.0 Å². The minimum absolute atomic E-state index is 0.190. The van der Waals surface area contributed by atoms with Gasteiger partial charge in [0, 0.05) is 16.9 Å². The highest BCUT2D eigenvalue weighted by Crippen LogP contribution is 2.47. The summed E-state index contributed by atoms with van der Waals surface area (Å²) in [6, 6.07) is 8.37. The SMILES string of the molecule is CC1CCN(CCCCNC(=O)C2CC2c2ccc(Br)cc2)CC1. The van der Waals surface area contributed by atoms with Crippen LogP contribution >= 0.6 is 15.9 Å². The van der Waals surface area contributed by atoms with Gasteiger partial charge in [-0.05, 0) is 81.3 Å². The van der Waals surface area contributed by atoms with Crippen molar-refractivity contribution in [2.75, 3.05) is 26.2 Å². The average molecular weight is 393 g/mol. The zero-order chi connectivity index (χ0) is 16.9. The second-order valence-electron chi connectivity index (χ2n) is 7.52. The predicted molar refractivity (Wildman–Crippen MR) is 102 cm³/mol. The maximum Gasteiger partial charge on any atom is 0.223 e. The van der Waals surface area contributed by atoms with Crippen LogP contribution in [0, 0.1) is 11.8 Å². The summed E-state index contributed by atoms with van der Waals surface area (Å²) in [7, 11) is 0. The molecule has 0 spiro atoms. The van der Waals surface area contributed by atoms with E-state index in [1.54, 1.807) is 0 Å². The Bertz CT molecular complexity index is 537. The van der Waals surface area contributed by atoms with E-state index in [9.17, 15) is 4.79 Å². The highest BCUT2D eigenvalue weighted by atomic mass is 79.9. The Morgan fingerprint density at radius 1 is 1.21 bits per heavy atom. The summed E-state index contributed by atoms with van der Waals surface area (Å²) < 4.78 is 1.09. The van der Waals surface area contributed by atoms with E-state index in [1.165, 1.54) is 44.5 Å².